The third-order valence-corrected chi connectivity index (χ3v) is 6.21. The van der Waals surface area contributed by atoms with Crippen molar-refractivity contribution in [2.24, 2.45) is 17.8 Å². The molecule has 0 amide bonds. The normalized spacial score (nSPS) is 37.2. The summed E-state index contributed by atoms with van der Waals surface area (Å²) in [5.74, 6) is 1.15. The van der Waals surface area contributed by atoms with E-state index in [1.54, 1.807) is 0 Å². The molecule has 2 bridgehead atoms. The van der Waals surface area contributed by atoms with Crippen LogP contribution in [0.3, 0.4) is 0 Å². The number of halogens is 1. The second-order valence-electron chi connectivity index (χ2n) is 6.99. The first kappa shape index (κ1) is 15.5. The third kappa shape index (κ3) is 3.09. The van der Waals surface area contributed by atoms with E-state index < -0.39 is 9.02 Å². The lowest BCUT2D eigenvalue weighted by molar-refractivity contribution is -0.157. The molecule has 0 spiro atoms. The second kappa shape index (κ2) is 5.17. The van der Waals surface area contributed by atoms with Gasteiger partial charge in [0.05, 0.1) is 5.60 Å². The number of carbonyl (C=O) groups is 1. The van der Waals surface area contributed by atoms with Crippen molar-refractivity contribution in [2.45, 2.75) is 68.5 Å². The summed E-state index contributed by atoms with van der Waals surface area (Å²) < 4.78 is 5.34. The van der Waals surface area contributed by atoms with Gasteiger partial charge < -0.3 is 9.84 Å². The predicted octanol–water partition coefficient (Wildman–Crippen LogP) is 3.32. The minimum atomic E-state index is -0.664. The van der Waals surface area contributed by atoms with E-state index >= 15 is 0 Å². The zero-order valence-electron chi connectivity index (χ0n) is 12.3. The highest BCUT2D eigenvalue weighted by Crippen LogP contribution is 2.53. The summed E-state index contributed by atoms with van der Waals surface area (Å²) in [5.41, 5.74) is -0.664. The molecule has 2 aliphatic carbocycles. The van der Waals surface area contributed by atoms with Crippen molar-refractivity contribution in [3.8, 4) is 0 Å². The molecule has 2 aliphatic rings. The molecule has 0 aromatic rings. The predicted molar refractivity (Wildman–Crippen MR) is 83.2 cm³/mol. The molecule has 5 atom stereocenters. The van der Waals surface area contributed by atoms with Gasteiger partial charge in [0.15, 0.2) is 0 Å². The fraction of sp³-hybridized carbons (Fsp3) is 0.933. The largest absolute Gasteiger partial charge is 0.461 e. The maximum absolute atomic E-state index is 12.2. The Morgan fingerprint density at radius 2 is 1.95 bits per heavy atom. The summed E-state index contributed by atoms with van der Waals surface area (Å²) in [6, 6.07) is 0. The molecular formula is C15H25IO3. The average molecular weight is 380 g/mol. The van der Waals surface area contributed by atoms with Crippen LogP contribution >= 0.6 is 22.6 Å². The Balaban J connectivity index is 2.02. The first-order valence-corrected chi connectivity index (χ1v) is 8.35. The molecule has 2 fully saturated rings. The highest BCUT2D eigenvalue weighted by Gasteiger charge is 2.53. The van der Waals surface area contributed by atoms with Gasteiger partial charge in [0.25, 0.3) is 0 Å². The first-order valence-electron chi connectivity index (χ1n) is 7.27. The summed E-state index contributed by atoms with van der Waals surface area (Å²) >= 11 is 2.18. The standard InChI is InChI=1S/C15H25IO3/c1-5-15(4,16)13(17)19-12-8-9-6-10(12)11(7-9)14(2,3)18/h9-12,18H,5-8H2,1-4H3. The van der Waals surface area contributed by atoms with E-state index in [1.165, 1.54) is 0 Å². The Labute approximate surface area is 129 Å². The van der Waals surface area contributed by atoms with Crippen molar-refractivity contribution >= 4 is 28.6 Å². The van der Waals surface area contributed by atoms with E-state index in [9.17, 15) is 9.90 Å². The molecule has 2 rings (SSSR count). The number of ether oxygens (including phenoxy) is 1. The lowest BCUT2D eigenvalue weighted by Crippen LogP contribution is -2.42. The molecule has 5 unspecified atom stereocenters. The number of fused-ring (bicyclic) bond motifs is 2. The molecule has 110 valence electrons. The van der Waals surface area contributed by atoms with E-state index in [-0.39, 0.29) is 18.0 Å². The number of hydrogen-bond acceptors (Lipinski definition) is 3. The van der Waals surface area contributed by atoms with Crippen LogP contribution < -0.4 is 0 Å². The molecule has 3 nitrogen and oxygen atoms in total. The highest BCUT2D eigenvalue weighted by molar-refractivity contribution is 14.1. The van der Waals surface area contributed by atoms with Gasteiger partial charge in [-0.3, -0.25) is 4.79 Å². The van der Waals surface area contributed by atoms with Gasteiger partial charge >= 0.3 is 5.97 Å². The molecule has 4 heteroatoms. The topological polar surface area (TPSA) is 46.5 Å². The second-order valence-corrected chi connectivity index (χ2v) is 9.37. The summed E-state index contributed by atoms with van der Waals surface area (Å²) in [6.07, 6.45) is 3.97. The lowest BCUT2D eigenvalue weighted by atomic mass is 9.77. The molecule has 19 heavy (non-hydrogen) atoms. The zero-order valence-corrected chi connectivity index (χ0v) is 14.4. The minimum absolute atomic E-state index is 0.0170. The van der Waals surface area contributed by atoms with E-state index in [2.05, 4.69) is 22.6 Å². The Bertz CT molecular complexity index is 359. The number of esters is 1. The number of rotatable bonds is 4. The number of hydrogen-bond donors (Lipinski definition) is 1. The van der Waals surface area contributed by atoms with Crippen LogP contribution in [0, 0.1) is 17.8 Å². The summed E-state index contributed by atoms with van der Waals surface area (Å²) in [4.78, 5) is 12.2. The van der Waals surface area contributed by atoms with Crippen molar-refractivity contribution < 1.29 is 14.6 Å². The van der Waals surface area contributed by atoms with Crippen LogP contribution in [-0.2, 0) is 9.53 Å². The average Bonchev–Trinajstić information content (AvgIpc) is 2.87. The minimum Gasteiger partial charge on any atom is -0.461 e. The number of carbonyl (C=O) groups excluding carboxylic acids is 1. The third-order valence-electron chi connectivity index (χ3n) is 5.01. The monoisotopic (exact) mass is 380 g/mol. The number of aliphatic hydroxyl groups is 1. The van der Waals surface area contributed by atoms with Crippen molar-refractivity contribution in [1.82, 2.24) is 0 Å². The zero-order chi connectivity index (χ0) is 14.4. The molecule has 0 heterocycles. The van der Waals surface area contributed by atoms with Crippen LogP contribution in [0.1, 0.15) is 53.4 Å². The SMILES string of the molecule is CCC(C)(I)C(=O)OC1CC2CC1C(C(C)(C)O)C2. The number of alkyl halides is 1. The highest BCUT2D eigenvalue weighted by atomic mass is 127. The Morgan fingerprint density at radius 1 is 1.32 bits per heavy atom. The maximum Gasteiger partial charge on any atom is 0.322 e. The van der Waals surface area contributed by atoms with Gasteiger partial charge in [-0.05, 0) is 58.3 Å². The van der Waals surface area contributed by atoms with E-state index in [4.69, 9.17) is 4.74 Å². The van der Waals surface area contributed by atoms with Crippen LogP contribution in [0.15, 0.2) is 0 Å². The van der Waals surface area contributed by atoms with Crippen molar-refractivity contribution in [1.29, 1.82) is 0 Å². The van der Waals surface area contributed by atoms with E-state index in [0.29, 0.717) is 11.8 Å². The van der Waals surface area contributed by atoms with Crippen LogP contribution in [-0.4, -0.2) is 26.2 Å². The molecule has 0 aromatic heterocycles. The van der Waals surface area contributed by atoms with E-state index in [0.717, 1.165) is 25.7 Å². The molecule has 0 saturated heterocycles. The molecule has 2 saturated carbocycles. The molecular weight excluding hydrogens is 355 g/mol. The van der Waals surface area contributed by atoms with Gasteiger partial charge in [0, 0.05) is 5.92 Å². The Hall–Kier alpha value is 0.160. The van der Waals surface area contributed by atoms with Crippen molar-refractivity contribution in [3.05, 3.63) is 0 Å². The quantitative estimate of drug-likeness (QED) is 0.463. The van der Waals surface area contributed by atoms with Gasteiger partial charge in [0.2, 0.25) is 0 Å². The summed E-state index contributed by atoms with van der Waals surface area (Å²) in [7, 11) is 0. The summed E-state index contributed by atoms with van der Waals surface area (Å²) in [6.45, 7) is 7.70. The smallest absolute Gasteiger partial charge is 0.322 e. The van der Waals surface area contributed by atoms with Gasteiger partial charge in [-0.2, -0.15) is 0 Å². The van der Waals surface area contributed by atoms with Gasteiger partial charge in [-0.15, -0.1) is 0 Å². The fourth-order valence-electron chi connectivity index (χ4n) is 3.64. The van der Waals surface area contributed by atoms with Crippen molar-refractivity contribution in [2.75, 3.05) is 0 Å². The molecule has 0 radical (unpaired) electrons. The lowest BCUT2D eigenvalue weighted by Gasteiger charge is -2.37. The summed E-state index contributed by atoms with van der Waals surface area (Å²) in [5, 5.41) is 10.3. The Kier molecular flexibility index (Phi) is 4.23. The van der Waals surface area contributed by atoms with Crippen LogP contribution in [0.4, 0.5) is 0 Å². The van der Waals surface area contributed by atoms with Gasteiger partial charge in [-0.25, -0.2) is 0 Å². The van der Waals surface area contributed by atoms with Crippen LogP contribution in [0.2, 0.25) is 0 Å². The van der Waals surface area contributed by atoms with Gasteiger partial charge in [-0.1, -0.05) is 29.5 Å². The molecule has 1 N–H and O–H groups in total. The molecule has 0 aliphatic heterocycles. The fourth-order valence-corrected chi connectivity index (χ4v) is 3.77. The van der Waals surface area contributed by atoms with Crippen LogP contribution in [0.5, 0.6) is 0 Å². The van der Waals surface area contributed by atoms with Crippen LogP contribution in [0.25, 0.3) is 0 Å². The van der Waals surface area contributed by atoms with Crippen molar-refractivity contribution in [3.63, 3.8) is 0 Å². The maximum atomic E-state index is 12.2. The van der Waals surface area contributed by atoms with E-state index in [1.807, 2.05) is 27.7 Å². The van der Waals surface area contributed by atoms with Gasteiger partial charge in [0.1, 0.15) is 9.53 Å². The Morgan fingerprint density at radius 3 is 2.42 bits per heavy atom. The first-order chi connectivity index (χ1) is 8.65. The molecule has 0 aromatic carbocycles.